The molecule has 1 aliphatic rings. The van der Waals surface area contributed by atoms with Crippen molar-refractivity contribution in [2.75, 3.05) is 19.6 Å². The summed E-state index contributed by atoms with van der Waals surface area (Å²) in [5.74, 6) is -0.723. The quantitative estimate of drug-likeness (QED) is 0.728. The van der Waals surface area contributed by atoms with Gasteiger partial charge in [0.2, 0.25) is 5.91 Å². The lowest BCUT2D eigenvalue weighted by atomic mass is 9.98. The Balaban J connectivity index is 1.28. The van der Waals surface area contributed by atoms with E-state index in [2.05, 4.69) is 15.4 Å². The summed E-state index contributed by atoms with van der Waals surface area (Å²) in [4.78, 5) is 30.8. The van der Waals surface area contributed by atoms with E-state index in [-0.39, 0.29) is 23.5 Å². The van der Waals surface area contributed by atoms with Gasteiger partial charge in [0.1, 0.15) is 11.4 Å². The van der Waals surface area contributed by atoms with Gasteiger partial charge in [-0.15, -0.1) is 0 Å². The molecule has 1 fully saturated rings. The molecule has 0 radical (unpaired) electrons. The Kier molecular flexibility index (Phi) is 4.77. The average Bonchev–Trinajstić information content (AvgIpc) is 3.05. The molecule has 0 atom stereocenters. The van der Waals surface area contributed by atoms with Gasteiger partial charge >= 0.3 is 0 Å². The summed E-state index contributed by atoms with van der Waals surface area (Å²) in [6.45, 7) is 3.14. The first-order chi connectivity index (χ1) is 13.5. The normalized spacial score (nSPS) is 14.1. The molecular weight excluding hydrogens is 361 g/mol. The number of rotatable bonds is 5. The Morgan fingerprint density at radius 2 is 1.96 bits per heavy atom. The number of amides is 2. The van der Waals surface area contributed by atoms with Gasteiger partial charge in [0.25, 0.3) is 5.91 Å². The van der Waals surface area contributed by atoms with Crippen LogP contribution >= 0.6 is 0 Å². The number of nitrogens with one attached hydrogen (secondary N) is 1. The minimum absolute atomic E-state index is 0.0697. The van der Waals surface area contributed by atoms with Gasteiger partial charge in [-0.3, -0.25) is 9.59 Å². The molecule has 1 aliphatic heterocycles. The van der Waals surface area contributed by atoms with Crippen LogP contribution in [0.5, 0.6) is 0 Å². The zero-order chi connectivity index (χ0) is 19.7. The number of likely N-dealkylation sites (tertiary alicyclic amines) is 1. The molecule has 2 aromatic heterocycles. The van der Waals surface area contributed by atoms with Crippen LogP contribution in [0.25, 0.3) is 5.65 Å². The van der Waals surface area contributed by atoms with Crippen LogP contribution in [0.1, 0.15) is 21.5 Å². The van der Waals surface area contributed by atoms with Crippen molar-refractivity contribution in [1.82, 2.24) is 24.8 Å². The van der Waals surface area contributed by atoms with Crippen LogP contribution in [0.2, 0.25) is 0 Å². The highest BCUT2D eigenvalue weighted by Gasteiger charge is 2.36. The van der Waals surface area contributed by atoms with Crippen LogP contribution in [-0.2, 0) is 11.2 Å². The zero-order valence-electron chi connectivity index (χ0n) is 15.4. The molecule has 28 heavy (non-hydrogen) atoms. The topological polar surface area (TPSA) is 79.6 Å². The van der Waals surface area contributed by atoms with Crippen molar-refractivity contribution in [2.24, 2.45) is 5.92 Å². The van der Waals surface area contributed by atoms with Crippen LogP contribution in [0.15, 0.2) is 42.9 Å². The number of aryl methyl sites for hydroxylation is 1. The Morgan fingerprint density at radius 3 is 2.71 bits per heavy atom. The van der Waals surface area contributed by atoms with Crippen LogP contribution in [0.3, 0.4) is 0 Å². The summed E-state index contributed by atoms with van der Waals surface area (Å²) in [5.41, 5.74) is 2.87. The van der Waals surface area contributed by atoms with Crippen molar-refractivity contribution in [3.05, 3.63) is 65.4 Å². The third-order valence-corrected chi connectivity index (χ3v) is 4.88. The first kappa shape index (κ1) is 18.1. The van der Waals surface area contributed by atoms with Crippen LogP contribution in [0, 0.1) is 18.7 Å². The van der Waals surface area contributed by atoms with Crippen molar-refractivity contribution < 1.29 is 14.0 Å². The van der Waals surface area contributed by atoms with Gasteiger partial charge in [-0.25, -0.2) is 13.9 Å². The van der Waals surface area contributed by atoms with E-state index in [0.717, 1.165) is 11.1 Å². The molecule has 2 amide bonds. The predicted molar refractivity (Wildman–Crippen MR) is 100 cm³/mol. The molecule has 0 spiro atoms. The zero-order valence-corrected chi connectivity index (χ0v) is 15.4. The fourth-order valence-corrected chi connectivity index (χ4v) is 3.23. The summed E-state index contributed by atoms with van der Waals surface area (Å²) < 4.78 is 14.5. The average molecular weight is 381 g/mol. The van der Waals surface area contributed by atoms with E-state index in [4.69, 9.17) is 0 Å². The maximum absolute atomic E-state index is 12.9. The number of carbonyl (C=O) groups excluding carboxylic acids is 2. The maximum atomic E-state index is 12.9. The molecule has 8 heteroatoms. The van der Waals surface area contributed by atoms with Gasteiger partial charge < -0.3 is 10.2 Å². The van der Waals surface area contributed by atoms with E-state index in [1.54, 1.807) is 27.7 Å². The van der Waals surface area contributed by atoms with E-state index in [1.165, 1.54) is 18.3 Å². The number of carbonyl (C=O) groups is 2. The third kappa shape index (κ3) is 3.58. The van der Waals surface area contributed by atoms with E-state index in [1.807, 2.05) is 13.1 Å². The van der Waals surface area contributed by atoms with E-state index in [9.17, 15) is 14.0 Å². The Bertz CT molecular complexity index is 1020. The second-order valence-electron chi connectivity index (χ2n) is 7.03. The lowest BCUT2D eigenvalue weighted by Crippen LogP contribution is -2.55. The summed E-state index contributed by atoms with van der Waals surface area (Å²) in [6, 6.07) is 6.22. The Hall–Kier alpha value is -3.29. The fraction of sp³-hybridized carbons (Fsp3) is 0.300. The number of nitrogens with zero attached hydrogens (tertiary/aromatic N) is 4. The van der Waals surface area contributed by atoms with Gasteiger partial charge in [-0.2, -0.15) is 5.10 Å². The minimum atomic E-state index is -0.274. The SMILES string of the molecule is Cc1cnc2c(C(=O)N3CC(C(=O)NCCc4ccc(F)cc4)C3)cnn2c1. The molecule has 3 heterocycles. The molecule has 0 saturated carbocycles. The number of hydrogen-bond acceptors (Lipinski definition) is 4. The van der Waals surface area contributed by atoms with Crippen LogP contribution in [0.4, 0.5) is 4.39 Å². The highest BCUT2D eigenvalue weighted by atomic mass is 19.1. The molecule has 4 rings (SSSR count). The second-order valence-corrected chi connectivity index (χ2v) is 7.03. The predicted octanol–water partition coefficient (Wildman–Crippen LogP) is 1.61. The molecule has 0 unspecified atom stereocenters. The molecule has 0 bridgehead atoms. The second kappa shape index (κ2) is 7.38. The van der Waals surface area contributed by atoms with Gasteiger partial charge in [-0.1, -0.05) is 12.1 Å². The highest BCUT2D eigenvalue weighted by molar-refractivity contribution is 6.00. The first-order valence-corrected chi connectivity index (χ1v) is 9.12. The van der Waals surface area contributed by atoms with Crippen LogP contribution in [-0.4, -0.2) is 50.9 Å². The summed E-state index contributed by atoms with van der Waals surface area (Å²) >= 11 is 0. The number of fused-ring (bicyclic) bond motifs is 1. The monoisotopic (exact) mass is 381 g/mol. The largest absolute Gasteiger partial charge is 0.355 e. The van der Waals surface area contributed by atoms with Crippen molar-refractivity contribution in [3.8, 4) is 0 Å². The van der Waals surface area contributed by atoms with Gasteiger partial charge in [0, 0.05) is 32.0 Å². The Labute approximate surface area is 161 Å². The molecule has 3 aromatic rings. The summed E-state index contributed by atoms with van der Waals surface area (Å²) in [6.07, 6.45) is 5.66. The van der Waals surface area contributed by atoms with Crippen LogP contribution < -0.4 is 5.32 Å². The summed E-state index contributed by atoms with van der Waals surface area (Å²) in [7, 11) is 0. The number of benzene rings is 1. The summed E-state index contributed by atoms with van der Waals surface area (Å²) in [5, 5.41) is 7.05. The molecule has 1 saturated heterocycles. The standard InChI is InChI=1S/C20H20FN5O2/c1-13-8-23-18-17(9-24-26(18)10-13)20(28)25-11-15(12-25)19(27)22-7-6-14-2-4-16(21)5-3-14/h2-5,8-10,15H,6-7,11-12H2,1H3,(H,22,27). The highest BCUT2D eigenvalue weighted by Crippen LogP contribution is 2.20. The Morgan fingerprint density at radius 1 is 1.21 bits per heavy atom. The maximum Gasteiger partial charge on any atom is 0.259 e. The molecule has 0 aliphatic carbocycles. The fourth-order valence-electron chi connectivity index (χ4n) is 3.23. The van der Waals surface area contributed by atoms with Gasteiger partial charge in [-0.05, 0) is 36.6 Å². The van der Waals surface area contributed by atoms with Crippen molar-refractivity contribution >= 4 is 17.5 Å². The van der Waals surface area contributed by atoms with E-state index < -0.39 is 0 Å². The van der Waals surface area contributed by atoms with Crippen molar-refractivity contribution in [2.45, 2.75) is 13.3 Å². The van der Waals surface area contributed by atoms with Crippen molar-refractivity contribution in [3.63, 3.8) is 0 Å². The van der Waals surface area contributed by atoms with E-state index in [0.29, 0.717) is 37.3 Å². The number of aromatic nitrogens is 3. The van der Waals surface area contributed by atoms with Crippen molar-refractivity contribution in [1.29, 1.82) is 0 Å². The lowest BCUT2D eigenvalue weighted by Gasteiger charge is -2.38. The molecule has 1 N–H and O–H groups in total. The molecular formula is C20H20FN5O2. The molecule has 144 valence electrons. The smallest absolute Gasteiger partial charge is 0.259 e. The van der Waals surface area contributed by atoms with E-state index >= 15 is 0 Å². The lowest BCUT2D eigenvalue weighted by molar-refractivity contribution is -0.128. The van der Waals surface area contributed by atoms with Gasteiger partial charge in [0.05, 0.1) is 12.1 Å². The van der Waals surface area contributed by atoms with Gasteiger partial charge in [0.15, 0.2) is 5.65 Å². The molecule has 7 nitrogen and oxygen atoms in total. The number of halogens is 1. The molecule has 1 aromatic carbocycles. The number of hydrogen-bond donors (Lipinski definition) is 1. The third-order valence-electron chi connectivity index (χ3n) is 4.88. The first-order valence-electron chi connectivity index (χ1n) is 9.12. The minimum Gasteiger partial charge on any atom is -0.355 e.